The maximum absolute atomic E-state index is 13.6. The van der Waals surface area contributed by atoms with Gasteiger partial charge in [0.15, 0.2) is 0 Å². The standard InChI is InChI=1S/C14H23FN2/c1-3-11(4-2)10-17-14(9-16)12-7-5-6-8-13(12)15/h5-8,11,14,17H,3-4,9-10,16H2,1-2H3. The second-order valence-electron chi connectivity index (χ2n) is 4.40. The number of nitrogens with two attached hydrogens (primary N) is 1. The molecule has 1 atom stereocenters. The molecule has 2 nitrogen and oxygen atoms in total. The lowest BCUT2D eigenvalue weighted by Crippen LogP contribution is -2.32. The minimum Gasteiger partial charge on any atom is -0.329 e. The maximum Gasteiger partial charge on any atom is 0.128 e. The van der Waals surface area contributed by atoms with E-state index in [1.165, 1.54) is 6.07 Å². The van der Waals surface area contributed by atoms with Crippen LogP contribution in [0.3, 0.4) is 0 Å². The molecule has 1 aromatic rings. The molecular formula is C14H23FN2. The fourth-order valence-corrected chi connectivity index (χ4v) is 1.96. The molecule has 1 aromatic carbocycles. The fraction of sp³-hybridized carbons (Fsp3) is 0.571. The van der Waals surface area contributed by atoms with Gasteiger partial charge in [0.25, 0.3) is 0 Å². The minimum atomic E-state index is -0.181. The van der Waals surface area contributed by atoms with E-state index < -0.39 is 0 Å². The highest BCUT2D eigenvalue weighted by Crippen LogP contribution is 2.16. The Labute approximate surface area is 103 Å². The van der Waals surface area contributed by atoms with Crippen molar-refractivity contribution in [1.29, 1.82) is 0 Å². The molecule has 17 heavy (non-hydrogen) atoms. The Morgan fingerprint density at radius 1 is 1.24 bits per heavy atom. The van der Waals surface area contributed by atoms with Gasteiger partial charge in [0, 0.05) is 18.2 Å². The van der Waals surface area contributed by atoms with Crippen LogP contribution in [-0.2, 0) is 0 Å². The molecule has 0 bridgehead atoms. The van der Waals surface area contributed by atoms with Crippen molar-refractivity contribution in [1.82, 2.24) is 5.32 Å². The molecular weight excluding hydrogens is 215 g/mol. The van der Waals surface area contributed by atoms with Crippen molar-refractivity contribution >= 4 is 0 Å². The Morgan fingerprint density at radius 3 is 2.41 bits per heavy atom. The molecule has 0 amide bonds. The number of nitrogens with one attached hydrogen (secondary N) is 1. The number of halogens is 1. The summed E-state index contributed by atoms with van der Waals surface area (Å²) < 4.78 is 13.6. The van der Waals surface area contributed by atoms with Crippen molar-refractivity contribution < 1.29 is 4.39 Å². The van der Waals surface area contributed by atoms with Crippen LogP contribution in [0.2, 0.25) is 0 Å². The molecule has 0 aliphatic rings. The van der Waals surface area contributed by atoms with Crippen LogP contribution in [-0.4, -0.2) is 13.1 Å². The average molecular weight is 238 g/mol. The lowest BCUT2D eigenvalue weighted by Gasteiger charge is -2.21. The molecule has 0 saturated heterocycles. The molecule has 3 heteroatoms. The first-order valence-corrected chi connectivity index (χ1v) is 6.40. The monoisotopic (exact) mass is 238 g/mol. The van der Waals surface area contributed by atoms with Gasteiger partial charge in [-0.1, -0.05) is 44.9 Å². The van der Waals surface area contributed by atoms with E-state index in [0.29, 0.717) is 18.0 Å². The van der Waals surface area contributed by atoms with Crippen LogP contribution in [0, 0.1) is 11.7 Å². The zero-order valence-corrected chi connectivity index (χ0v) is 10.7. The summed E-state index contributed by atoms with van der Waals surface area (Å²) in [5, 5.41) is 3.36. The third-order valence-electron chi connectivity index (χ3n) is 3.32. The van der Waals surface area contributed by atoms with E-state index in [2.05, 4.69) is 19.2 Å². The zero-order valence-electron chi connectivity index (χ0n) is 10.7. The molecule has 0 heterocycles. The van der Waals surface area contributed by atoms with E-state index >= 15 is 0 Å². The summed E-state index contributed by atoms with van der Waals surface area (Å²) >= 11 is 0. The van der Waals surface area contributed by atoms with Gasteiger partial charge in [-0.25, -0.2) is 4.39 Å². The van der Waals surface area contributed by atoms with Crippen molar-refractivity contribution in [3.05, 3.63) is 35.6 Å². The summed E-state index contributed by atoms with van der Waals surface area (Å²) in [7, 11) is 0. The van der Waals surface area contributed by atoms with Crippen LogP contribution in [0.1, 0.15) is 38.3 Å². The van der Waals surface area contributed by atoms with Crippen LogP contribution in [0.4, 0.5) is 4.39 Å². The predicted octanol–water partition coefficient (Wildman–Crippen LogP) is 2.85. The highest BCUT2D eigenvalue weighted by atomic mass is 19.1. The lowest BCUT2D eigenvalue weighted by atomic mass is 10.0. The Morgan fingerprint density at radius 2 is 1.88 bits per heavy atom. The van der Waals surface area contributed by atoms with Crippen molar-refractivity contribution in [2.75, 3.05) is 13.1 Å². The highest BCUT2D eigenvalue weighted by Gasteiger charge is 2.14. The minimum absolute atomic E-state index is 0.0863. The Bertz CT molecular complexity index is 324. The topological polar surface area (TPSA) is 38.0 Å². The average Bonchev–Trinajstić information content (AvgIpc) is 2.36. The second-order valence-corrected chi connectivity index (χ2v) is 4.40. The number of hydrogen-bond donors (Lipinski definition) is 2. The molecule has 3 N–H and O–H groups in total. The maximum atomic E-state index is 13.6. The molecule has 1 rings (SSSR count). The van der Waals surface area contributed by atoms with Crippen LogP contribution >= 0.6 is 0 Å². The van der Waals surface area contributed by atoms with Gasteiger partial charge in [-0.3, -0.25) is 0 Å². The molecule has 0 aromatic heterocycles. The summed E-state index contributed by atoms with van der Waals surface area (Å²) in [5.41, 5.74) is 6.38. The molecule has 0 spiro atoms. The first kappa shape index (κ1) is 14.1. The molecule has 0 radical (unpaired) electrons. The zero-order chi connectivity index (χ0) is 12.7. The first-order valence-electron chi connectivity index (χ1n) is 6.40. The lowest BCUT2D eigenvalue weighted by molar-refractivity contribution is 0.407. The summed E-state index contributed by atoms with van der Waals surface area (Å²) in [6.07, 6.45) is 2.27. The van der Waals surface area contributed by atoms with Crippen molar-refractivity contribution in [3.8, 4) is 0 Å². The molecule has 0 fully saturated rings. The van der Waals surface area contributed by atoms with Crippen molar-refractivity contribution in [3.63, 3.8) is 0 Å². The van der Waals surface area contributed by atoms with E-state index in [1.807, 2.05) is 6.07 Å². The van der Waals surface area contributed by atoms with E-state index in [9.17, 15) is 4.39 Å². The van der Waals surface area contributed by atoms with E-state index in [4.69, 9.17) is 5.73 Å². The Kier molecular flexibility index (Phi) is 6.16. The molecule has 1 unspecified atom stereocenters. The van der Waals surface area contributed by atoms with Crippen molar-refractivity contribution in [2.24, 2.45) is 11.7 Å². The Hall–Kier alpha value is -0.930. The van der Waals surface area contributed by atoms with Gasteiger partial charge >= 0.3 is 0 Å². The normalized spacial score (nSPS) is 13.0. The SMILES string of the molecule is CCC(CC)CNC(CN)c1ccccc1F. The number of hydrogen-bond acceptors (Lipinski definition) is 2. The van der Waals surface area contributed by atoms with Gasteiger partial charge < -0.3 is 11.1 Å². The van der Waals surface area contributed by atoms with Gasteiger partial charge in [0.05, 0.1) is 0 Å². The molecule has 0 aliphatic carbocycles. The number of rotatable bonds is 7. The number of benzene rings is 1. The van der Waals surface area contributed by atoms with Gasteiger partial charge in [0.1, 0.15) is 5.82 Å². The third kappa shape index (κ3) is 4.10. The fourth-order valence-electron chi connectivity index (χ4n) is 1.96. The van der Waals surface area contributed by atoms with E-state index in [0.717, 1.165) is 19.4 Å². The van der Waals surface area contributed by atoms with Crippen LogP contribution in [0.25, 0.3) is 0 Å². The summed E-state index contributed by atoms with van der Waals surface area (Å²) in [6, 6.07) is 6.74. The first-order chi connectivity index (χ1) is 8.22. The van der Waals surface area contributed by atoms with Crippen LogP contribution < -0.4 is 11.1 Å². The van der Waals surface area contributed by atoms with Crippen LogP contribution in [0.5, 0.6) is 0 Å². The largest absolute Gasteiger partial charge is 0.329 e. The quantitative estimate of drug-likeness (QED) is 0.766. The van der Waals surface area contributed by atoms with Crippen molar-refractivity contribution in [2.45, 2.75) is 32.7 Å². The smallest absolute Gasteiger partial charge is 0.128 e. The van der Waals surface area contributed by atoms with Gasteiger partial charge in [-0.15, -0.1) is 0 Å². The van der Waals surface area contributed by atoms with Gasteiger partial charge in [-0.2, -0.15) is 0 Å². The molecule has 96 valence electrons. The Balaban J connectivity index is 2.63. The summed E-state index contributed by atoms with van der Waals surface area (Å²) in [5.74, 6) is 0.454. The molecule has 0 saturated carbocycles. The second kappa shape index (κ2) is 7.41. The van der Waals surface area contributed by atoms with E-state index in [-0.39, 0.29) is 11.9 Å². The van der Waals surface area contributed by atoms with E-state index in [1.54, 1.807) is 12.1 Å². The summed E-state index contributed by atoms with van der Waals surface area (Å²) in [4.78, 5) is 0. The third-order valence-corrected chi connectivity index (χ3v) is 3.32. The predicted molar refractivity (Wildman–Crippen MR) is 70.3 cm³/mol. The van der Waals surface area contributed by atoms with Gasteiger partial charge in [-0.05, 0) is 18.5 Å². The highest BCUT2D eigenvalue weighted by molar-refractivity contribution is 5.21. The van der Waals surface area contributed by atoms with Crippen LogP contribution in [0.15, 0.2) is 24.3 Å². The molecule has 0 aliphatic heterocycles. The van der Waals surface area contributed by atoms with Gasteiger partial charge in [0.2, 0.25) is 0 Å². The summed E-state index contributed by atoms with van der Waals surface area (Å²) in [6.45, 7) is 5.66.